The summed E-state index contributed by atoms with van der Waals surface area (Å²) in [5.74, 6) is 3.57. The van der Waals surface area contributed by atoms with Gasteiger partial charge in [0, 0.05) is 16.9 Å². The molecule has 152 valence electrons. The van der Waals surface area contributed by atoms with Gasteiger partial charge in [0.1, 0.15) is 0 Å². The fourth-order valence-corrected chi connectivity index (χ4v) is 9.32. The van der Waals surface area contributed by atoms with Gasteiger partial charge in [0.15, 0.2) is 5.78 Å². The van der Waals surface area contributed by atoms with E-state index < -0.39 is 10.0 Å². The van der Waals surface area contributed by atoms with Crippen LogP contribution in [-0.2, 0) is 16.4 Å². The average molecular weight is 420 g/mol. The second-order valence-electron chi connectivity index (χ2n) is 9.38. The van der Waals surface area contributed by atoms with Crippen molar-refractivity contribution in [1.29, 1.82) is 0 Å². The van der Waals surface area contributed by atoms with E-state index in [-0.39, 0.29) is 11.5 Å². The third-order valence-corrected chi connectivity index (χ3v) is 10.7. The highest BCUT2D eigenvalue weighted by atomic mass is 32.2. The minimum atomic E-state index is -3.24. The summed E-state index contributed by atoms with van der Waals surface area (Å²) >= 11 is 1.92. The molecular weight excluding hydrogens is 390 g/mol. The first-order chi connectivity index (χ1) is 13.4. The topological polar surface area (TPSA) is 54.5 Å². The molecule has 4 fully saturated rings. The zero-order valence-corrected chi connectivity index (χ0v) is 18.2. The van der Waals surface area contributed by atoms with Gasteiger partial charge < -0.3 is 0 Å². The number of ketones is 1. The lowest BCUT2D eigenvalue weighted by atomic mass is 9.56. The van der Waals surface area contributed by atoms with Gasteiger partial charge in [0.25, 0.3) is 0 Å². The van der Waals surface area contributed by atoms with Crippen LogP contribution in [0.15, 0.2) is 18.2 Å². The standard InChI is InChI=1S/C22H29NO3S2/c1-2-28(25,26)23-6-5-18-10-19(3-4-20(18)23)21(24)14-27-22-11-15-7-16(12-22)9-17(8-15)13-22/h3-4,10,15-17H,2,5-9,11-14H2,1H3. The Kier molecular flexibility index (Phi) is 4.58. The smallest absolute Gasteiger partial charge is 0.234 e. The predicted molar refractivity (Wildman–Crippen MR) is 115 cm³/mol. The molecule has 1 aliphatic heterocycles. The highest BCUT2D eigenvalue weighted by Crippen LogP contribution is 2.60. The van der Waals surface area contributed by atoms with Crippen molar-refractivity contribution in [3.05, 3.63) is 29.3 Å². The highest BCUT2D eigenvalue weighted by Gasteiger charge is 2.51. The van der Waals surface area contributed by atoms with Crippen molar-refractivity contribution < 1.29 is 13.2 Å². The quantitative estimate of drug-likeness (QED) is 0.646. The van der Waals surface area contributed by atoms with Crippen molar-refractivity contribution in [2.45, 2.75) is 56.6 Å². The van der Waals surface area contributed by atoms with E-state index in [0.29, 0.717) is 23.5 Å². The van der Waals surface area contributed by atoms with Crippen LogP contribution in [0.4, 0.5) is 5.69 Å². The SMILES string of the molecule is CCS(=O)(=O)N1CCc2cc(C(=O)CSC34CC5CC(CC(C5)C3)C4)ccc21. The predicted octanol–water partition coefficient (Wildman–Crippen LogP) is 4.28. The number of fused-ring (bicyclic) bond motifs is 1. The van der Waals surface area contributed by atoms with Crippen molar-refractivity contribution in [3.63, 3.8) is 0 Å². The summed E-state index contributed by atoms with van der Waals surface area (Å²) in [6, 6.07) is 5.59. The van der Waals surface area contributed by atoms with Gasteiger partial charge in [-0.25, -0.2) is 8.42 Å². The maximum Gasteiger partial charge on any atom is 0.234 e. The Labute approximate surface area is 172 Å². The number of carbonyl (C=O) groups is 1. The molecule has 0 aromatic heterocycles. The number of hydrogen-bond acceptors (Lipinski definition) is 4. The molecule has 4 nitrogen and oxygen atoms in total. The molecule has 4 aliphatic carbocycles. The van der Waals surface area contributed by atoms with Crippen LogP contribution in [0.1, 0.15) is 61.4 Å². The maximum atomic E-state index is 12.9. The van der Waals surface area contributed by atoms with E-state index in [2.05, 4.69) is 0 Å². The minimum Gasteiger partial charge on any atom is -0.293 e. The minimum absolute atomic E-state index is 0.106. The normalized spacial score (nSPS) is 33.3. The van der Waals surface area contributed by atoms with E-state index in [1.807, 2.05) is 30.0 Å². The Hall–Kier alpha value is -1.01. The lowest BCUT2D eigenvalue weighted by molar-refractivity contribution is 0.0383. The first-order valence-corrected chi connectivity index (χ1v) is 13.3. The summed E-state index contributed by atoms with van der Waals surface area (Å²) in [7, 11) is -3.24. The Morgan fingerprint density at radius 1 is 1.14 bits per heavy atom. The van der Waals surface area contributed by atoms with E-state index in [9.17, 15) is 13.2 Å². The van der Waals surface area contributed by atoms with E-state index >= 15 is 0 Å². The molecule has 6 heteroatoms. The van der Waals surface area contributed by atoms with Gasteiger partial charge >= 0.3 is 0 Å². The first kappa shape index (κ1) is 19.0. The van der Waals surface area contributed by atoms with E-state index in [0.717, 1.165) is 34.6 Å². The molecule has 1 aromatic carbocycles. The highest BCUT2D eigenvalue weighted by molar-refractivity contribution is 8.01. The van der Waals surface area contributed by atoms with Crippen LogP contribution in [0.25, 0.3) is 0 Å². The van der Waals surface area contributed by atoms with Crippen molar-refractivity contribution >= 4 is 33.3 Å². The number of anilines is 1. The summed E-state index contributed by atoms with van der Waals surface area (Å²) in [5, 5.41) is 0. The zero-order valence-electron chi connectivity index (χ0n) is 16.5. The number of benzene rings is 1. The van der Waals surface area contributed by atoms with Gasteiger partial charge in [-0.05, 0) is 93.4 Å². The molecule has 6 rings (SSSR count). The van der Waals surface area contributed by atoms with Crippen LogP contribution < -0.4 is 4.31 Å². The average Bonchev–Trinajstić information content (AvgIpc) is 3.09. The zero-order chi connectivity index (χ0) is 19.5. The van der Waals surface area contributed by atoms with Crippen LogP contribution in [0, 0.1) is 17.8 Å². The van der Waals surface area contributed by atoms with E-state index in [1.165, 1.54) is 42.8 Å². The van der Waals surface area contributed by atoms with Crippen LogP contribution in [-0.4, -0.2) is 37.0 Å². The molecule has 4 saturated carbocycles. The molecule has 0 atom stereocenters. The van der Waals surface area contributed by atoms with Crippen molar-refractivity contribution in [3.8, 4) is 0 Å². The fourth-order valence-electron chi connectivity index (χ4n) is 6.50. The monoisotopic (exact) mass is 419 g/mol. The molecule has 4 bridgehead atoms. The van der Waals surface area contributed by atoms with Gasteiger partial charge in [-0.3, -0.25) is 9.10 Å². The summed E-state index contributed by atoms with van der Waals surface area (Å²) in [5.41, 5.74) is 2.49. The lowest BCUT2D eigenvalue weighted by Crippen LogP contribution is -2.48. The molecule has 1 heterocycles. The molecule has 0 saturated heterocycles. The van der Waals surface area contributed by atoms with Gasteiger partial charge in [-0.2, -0.15) is 0 Å². The van der Waals surface area contributed by atoms with E-state index in [1.54, 1.807) is 6.92 Å². The number of hydrogen-bond donors (Lipinski definition) is 0. The van der Waals surface area contributed by atoms with E-state index in [4.69, 9.17) is 0 Å². The Morgan fingerprint density at radius 3 is 2.39 bits per heavy atom. The Morgan fingerprint density at radius 2 is 1.79 bits per heavy atom. The number of Topliss-reactive ketones (excluding diaryl/α,β-unsaturated/α-hetero) is 1. The molecule has 0 spiro atoms. The maximum absolute atomic E-state index is 12.9. The van der Waals surface area contributed by atoms with Crippen LogP contribution >= 0.6 is 11.8 Å². The number of rotatable bonds is 6. The molecular formula is C22H29NO3S2. The summed E-state index contributed by atoms with van der Waals surface area (Å²) in [6.45, 7) is 2.16. The third-order valence-electron chi connectivity index (χ3n) is 7.45. The first-order valence-electron chi connectivity index (χ1n) is 10.7. The molecule has 0 unspecified atom stereocenters. The van der Waals surface area contributed by atoms with Crippen molar-refractivity contribution in [2.24, 2.45) is 17.8 Å². The number of nitrogens with zero attached hydrogens (tertiary/aromatic N) is 1. The summed E-state index contributed by atoms with van der Waals surface area (Å²) < 4.78 is 26.3. The van der Waals surface area contributed by atoms with Gasteiger partial charge in [0.05, 0.1) is 17.2 Å². The van der Waals surface area contributed by atoms with Crippen LogP contribution in [0.3, 0.4) is 0 Å². The number of thioether (sulfide) groups is 1. The second kappa shape index (κ2) is 6.76. The molecule has 1 aromatic rings. The Bertz CT molecular complexity index is 873. The number of carbonyl (C=O) groups excluding carboxylic acids is 1. The summed E-state index contributed by atoms with van der Waals surface area (Å²) in [6.07, 6.45) is 8.90. The largest absolute Gasteiger partial charge is 0.293 e. The molecule has 28 heavy (non-hydrogen) atoms. The van der Waals surface area contributed by atoms with Gasteiger partial charge in [-0.15, -0.1) is 11.8 Å². The lowest BCUT2D eigenvalue weighted by Gasteiger charge is -2.56. The van der Waals surface area contributed by atoms with Crippen molar-refractivity contribution in [1.82, 2.24) is 0 Å². The molecule has 0 amide bonds. The fraction of sp³-hybridized carbons (Fsp3) is 0.682. The molecule has 0 N–H and O–H groups in total. The van der Waals surface area contributed by atoms with Gasteiger partial charge in [-0.1, -0.05) is 0 Å². The second-order valence-corrected chi connectivity index (χ2v) is 13.0. The molecule has 0 radical (unpaired) electrons. The van der Waals surface area contributed by atoms with Crippen LogP contribution in [0.5, 0.6) is 0 Å². The van der Waals surface area contributed by atoms with Gasteiger partial charge in [0.2, 0.25) is 10.0 Å². The summed E-state index contributed by atoms with van der Waals surface area (Å²) in [4.78, 5) is 12.9. The third kappa shape index (κ3) is 3.20. The number of sulfonamides is 1. The van der Waals surface area contributed by atoms with Crippen molar-refractivity contribution in [2.75, 3.05) is 22.4 Å². The Balaban J connectivity index is 1.28. The molecule has 5 aliphatic rings. The van der Waals surface area contributed by atoms with Crippen LogP contribution in [0.2, 0.25) is 0 Å².